The van der Waals surface area contributed by atoms with Crippen LogP contribution in [0.1, 0.15) is 35.5 Å². The summed E-state index contributed by atoms with van der Waals surface area (Å²) in [7, 11) is 0. The van der Waals surface area contributed by atoms with E-state index in [0.717, 1.165) is 22.1 Å². The number of hydrogen-bond donors (Lipinski definition) is 3. The number of nitrogens with one attached hydrogen (secondary N) is 2. The lowest BCUT2D eigenvalue weighted by atomic mass is 9.99. The number of amides is 2. The molecule has 5 heteroatoms. The largest absolute Gasteiger partial charge is 0.458 e. The van der Waals surface area contributed by atoms with Crippen LogP contribution in [0.4, 0.5) is 4.79 Å². The van der Waals surface area contributed by atoms with E-state index in [0.29, 0.717) is 18.7 Å². The lowest BCUT2D eigenvalue weighted by Gasteiger charge is -2.20. The van der Waals surface area contributed by atoms with Gasteiger partial charge >= 0.3 is 6.03 Å². The second-order valence-electron chi connectivity index (χ2n) is 7.15. The molecule has 152 valence electrons. The summed E-state index contributed by atoms with van der Waals surface area (Å²) in [6.45, 7) is 0.320. The number of rotatable bonds is 7. The second-order valence-corrected chi connectivity index (χ2v) is 7.15. The molecule has 0 radical (unpaired) electrons. The number of aliphatic hydroxyl groups excluding tert-OH is 1. The highest BCUT2D eigenvalue weighted by atomic mass is 16.4. The molecule has 4 aromatic rings. The topological polar surface area (TPSA) is 74.5 Å². The van der Waals surface area contributed by atoms with Gasteiger partial charge in [0.05, 0.1) is 6.04 Å². The minimum Gasteiger partial charge on any atom is -0.458 e. The van der Waals surface area contributed by atoms with Crippen LogP contribution in [0, 0.1) is 0 Å². The van der Waals surface area contributed by atoms with Gasteiger partial charge in [0.25, 0.3) is 0 Å². The van der Waals surface area contributed by atoms with Gasteiger partial charge in [-0.1, -0.05) is 78.9 Å². The molecule has 0 aliphatic carbocycles. The molecule has 30 heavy (non-hydrogen) atoms. The minimum atomic E-state index is -0.781. The van der Waals surface area contributed by atoms with Crippen molar-refractivity contribution in [2.45, 2.75) is 18.6 Å². The summed E-state index contributed by atoms with van der Waals surface area (Å²) in [6, 6.07) is 28.6. The molecule has 5 nitrogen and oxygen atoms in total. The Morgan fingerprint density at radius 1 is 0.867 bits per heavy atom. The van der Waals surface area contributed by atoms with Gasteiger partial charge in [0, 0.05) is 11.9 Å². The molecule has 1 heterocycles. The highest BCUT2D eigenvalue weighted by Gasteiger charge is 2.17. The molecule has 0 fully saturated rings. The van der Waals surface area contributed by atoms with Crippen LogP contribution < -0.4 is 10.6 Å². The van der Waals surface area contributed by atoms with Gasteiger partial charge in [-0.3, -0.25) is 0 Å². The zero-order valence-electron chi connectivity index (χ0n) is 16.5. The van der Waals surface area contributed by atoms with Crippen LogP contribution >= 0.6 is 0 Å². The maximum atomic E-state index is 12.5. The van der Waals surface area contributed by atoms with E-state index in [1.54, 1.807) is 0 Å². The Labute approximate surface area is 175 Å². The van der Waals surface area contributed by atoms with Gasteiger partial charge in [-0.15, -0.1) is 0 Å². The second kappa shape index (κ2) is 9.29. The molecule has 3 N–H and O–H groups in total. The summed E-state index contributed by atoms with van der Waals surface area (Å²) < 4.78 is 5.69. The van der Waals surface area contributed by atoms with Gasteiger partial charge in [0.1, 0.15) is 17.4 Å². The van der Waals surface area contributed by atoms with Crippen molar-refractivity contribution >= 4 is 17.0 Å². The van der Waals surface area contributed by atoms with Crippen molar-refractivity contribution < 1.29 is 14.3 Å². The van der Waals surface area contributed by atoms with Gasteiger partial charge < -0.3 is 20.2 Å². The van der Waals surface area contributed by atoms with E-state index in [4.69, 9.17) is 4.42 Å². The third-order valence-corrected chi connectivity index (χ3v) is 5.02. The molecule has 0 aliphatic heterocycles. The molecule has 1 aromatic heterocycles. The fourth-order valence-electron chi connectivity index (χ4n) is 3.46. The van der Waals surface area contributed by atoms with E-state index in [1.165, 1.54) is 0 Å². The van der Waals surface area contributed by atoms with E-state index in [1.807, 2.05) is 91.0 Å². The van der Waals surface area contributed by atoms with E-state index in [9.17, 15) is 9.90 Å². The van der Waals surface area contributed by atoms with Gasteiger partial charge in [-0.25, -0.2) is 4.79 Å². The number of para-hydroxylation sites is 1. The Kier molecular flexibility index (Phi) is 6.11. The van der Waals surface area contributed by atoms with E-state index < -0.39 is 6.10 Å². The van der Waals surface area contributed by atoms with Crippen molar-refractivity contribution in [3.63, 3.8) is 0 Å². The highest BCUT2D eigenvalue weighted by Crippen LogP contribution is 2.25. The fourth-order valence-corrected chi connectivity index (χ4v) is 3.46. The summed E-state index contributed by atoms with van der Waals surface area (Å²) in [6.07, 6.45) is -0.425. The molecule has 3 aromatic carbocycles. The Morgan fingerprint density at radius 3 is 2.10 bits per heavy atom. The van der Waals surface area contributed by atoms with E-state index >= 15 is 0 Å². The summed E-state index contributed by atoms with van der Waals surface area (Å²) in [4.78, 5) is 12.5. The standard InChI is InChI=1S/C25H24N2O3/c28-21(23-17-20-13-7-8-14-22(20)30-23)15-16-26-25(29)27-24(18-9-3-1-4-10-18)19-11-5-2-6-12-19/h1-14,17,21,24,28H,15-16H2,(H2,26,27,29)/t21-/m0/s1. The lowest BCUT2D eigenvalue weighted by molar-refractivity contribution is 0.142. The van der Waals surface area contributed by atoms with Crippen LogP contribution in [0.3, 0.4) is 0 Å². The number of furan rings is 1. The first-order valence-corrected chi connectivity index (χ1v) is 10.0. The Hall–Kier alpha value is -3.57. The van der Waals surface area contributed by atoms with Crippen molar-refractivity contribution in [3.05, 3.63) is 108 Å². The maximum Gasteiger partial charge on any atom is 0.315 e. The van der Waals surface area contributed by atoms with E-state index in [2.05, 4.69) is 10.6 Å². The van der Waals surface area contributed by atoms with Gasteiger partial charge in [0.15, 0.2) is 0 Å². The maximum absolute atomic E-state index is 12.5. The van der Waals surface area contributed by atoms with Crippen LogP contribution in [0.5, 0.6) is 0 Å². The highest BCUT2D eigenvalue weighted by molar-refractivity contribution is 5.77. The quantitative estimate of drug-likeness (QED) is 0.411. The molecule has 1 atom stereocenters. The number of carbonyl (C=O) groups excluding carboxylic acids is 1. The molecule has 0 bridgehead atoms. The number of hydrogen-bond acceptors (Lipinski definition) is 3. The summed E-state index contributed by atoms with van der Waals surface area (Å²) >= 11 is 0. The number of fused-ring (bicyclic) bond motifs is 1. The monoisotopic (exact) mass is 400 g/mol. The number of urea groups is 1. The molecular formula is C25H24N2O3. The molecular weight excluding hydrogens is 376 g/mol. The average Bonchev–Trinajstić information content (AvgIpc) is 3.23. The third kappa shape index (κ3) is 4.70. The molecule has 0 aliphatic rings. The van der Waals surface area contributed by atoms with Crippen molar-refractivity contribution in [2.24, 2.45) is 0 Å². The minimum absolute atomic E-state index is 0.257. The SMILES string of the molecule is O=C(NCC[C@H](O)c1cc2ccccc2o1)NC(c1ccccc1)c1ccccc1. The molecule has 0 unspecified atom stereocenters. The predicted octanol–water partition coefficient (Wildman–Crippen LogP) is 4.95. The fraction of sp³-hybridized carbons (Fsp3) is 0.160. The van der Waals surface area contributed by atoms with Crippen molar-refractivity contribution in [1.29, 1.82) is 0 Å². The third-order valence-electron chi connectivity index (χ3n) is 5.02. The van der Waals surface area contributed by atoms with Crippen molar-refractivity contribution in [2.75, 3.05) is 6.54 Å². The zero-order chi connectivity index (χ0) is 20.8. The smallest absolute Gasteiger partial charge is 0.315 e. The van der Waals surface area contributed by atoms with Crippen molar-refractivity contribution in [3.8, 4) is 0 Å². The Bertz CT molecular complexity index is 1020. The lowest BCUT2D eigenvalue weighted by Crippen LogP contribution is -2.39. The van der Waals surface area contributed by atoms with Crippen molar-refractivity contribution in [1.82, 2.24) is 10.6 Å². The van der Waals surface area contributed by atoms with Gasteiger partial charge in [-0.05, 0) is 29.7 Å². The van der Waals surface area contributed by atoms with E-state index in [-0.39, 0.29) is 12.1 Å². The first kappa shape index (κ1) is 19.7. The molecule has 0 spiro atoms. The first-order chi connectivity index (χ1) is 14.7. The van der Waals surface area contributed by atoms with Crippen LogP contribution in [0.2, 0.25) is 0 Å². The van der Waals surface area contributed by atoms with Crippen LogP contribution in [0.15, 0.2) is 95.4 Å². The van der Waals surface area contributed by atoms with Gasteiger partial charge in [0.2, 0.25) is 0 Å². The Morgan fingerprint density at radius 2 is 1.47 bits per heavy atom. The summed E-state index contributed by atoms with van der Waals surface area (Å²) in [5.74, 6) is 0.504. The Balaban J connectivity index is 1.35. The summed E-state index contributed by atoms with van der Waals surface area (Å²) in [5.41, 5.74) is 2.74. The molecule has 4 rings (SSSR count). The molecule has 0 saturated carbocycles. The van der Waals surface area contributed by atoms with Crippen LogP contribution in [-0.2, 0) is 0 Å². The first-order valence-electron chi connectivity index (χ1n) is 10.0. The number of aliphatic hydroxyl groups is 1. The average molecular weight is 400 g/mol. The summed E-state index contributed by atoms with van der Waals surface area (Å²) in [5, 5.41) is 17.2. The number of carbonyl (C=O) groups is 1. The number of benzene rings is 3. The normalized spacial score (nSPS) is 12.1. The predicted molar refractivity (Wildman–Crippen MR) is 117 cm³/mol. The van der Waals surface area contributed by atoms with Gasteiger partial charge in [-0.2, -0.15) is 0 Å². The molecule has 2 amide bonds. The molecule has 0 saturated heterocycles. The van der Waals surface area contributed by atoms with Crippen LogP contribution in [0.25, 0.3) is 11.0 Å². The van der Waals surface area contributed by atoms with Crippen LogP contribution in [-0.4, -0.2) is 17.7 Å². The zero-order valence-corrected chi connectivity index (χ0v) is 16.5.